The van der Waals surface area contributed by atoms with Crippen molar-refractivity contribution in [2.24, 2.45) is 4.99 Å². The van der Waals surface area contributed by atoms with Crippen LogP contribution in [0.4, 0.5) is 0 Å². The third-order valence-electron chi connectivity index (χ3n) is 2.96. The summed E-state index contributed by atoms with van der Waals surface area (Å²) in [5.41, 5.74) is 2.77. The largest absolute Gasteiger partial charge is 0.357 e. The number of amidine groups is 1. The molecule has 0 radical (unpaired) electrons. The summed E-state index contributed by atoms with van der Waals surface area (Å²) in [7, 11) is 0. The van der Waals surface area contributed by atoms with Crippen molar-refractivity contribution in [2.75, 3.05) is 19.6 Å². The molecule has 0 spiro atoms. The van der Waals surface area contributed by atoms with Gasteiger partial charge in [-0.15, -0.1) is 0 Å². The maximum Gasteiger partial charge on any atom is 0.131 e. The summed E-state index contributed by atoms with van der Waals surface area (Å²) in [6.07, 6.45) is 1.08. The summed E-state index contributed by atoms with van der Waals surface area (Å²) >= 11 is 0. The van der Waals surface area contributed by atoms with Crippen molar-refractivity contribution < 1.29 is 0 Å². The van der Waals surface area contributed by atoms with Gasteiger partial charge in [0.05, 0.1) is 0 Å². The minimum Gasteiger partial charge on any atom is -0.357 e. The van der Waals surface area contributed by atoms with E-state index in [2.05, 4.69) is 48.0 Å². The molecule has 1 heterocycles. The zero-order valence-electron chi connectivity index (χ0n) is 9.53. The Morgan fingerprint density at radius 3 is 2.67 bits per heavy atom. The van der Waals surface area contributed by atoms with Gasteiger partial charge in [-0.1, -0.05) is 24.3 Å². The van der Waals surface area contributed by atoms with E-state index in [9.17, 15) is 0 Å². The smallest absolute Gasteiger partial charge is 0.131 e. The van der Waals surface area contributed by atoms with Gasteiger partial charge in [0.25, 0.3) is 0 Å². The van der Waals surface area contributed by atoms with Crippen LogP contribution in [0.15, 0.2) is 29.3 Å². The van der Waals surface area contributed by atoms with Crippen molar-refractivity contribution in [3.63, 3.8) is 0 Å². The Bertz CT molecular complexity index is 365. The molecule has 0 fully saturated rings. The topological polar surface area (TPSA) is 15.6 Å². The minimum atomic E-state index is 0.933. The number of hydrogen-bond acceptors (Lipinski definition) is 2. The van der Waals surface area contributed by atoms with Gasteiger partial charge >= 0.3 is 0 Å². The van der Waals surface area contributed by atoms with E-state index in [-0.39, 0.29) is 0 Å². The second-order valence-corrected chi connectivity index (χ2v) is 3.78. The van der Waals surface area contributed by atoms with Gasteiger partial charge in [-0.2, -0.15) is 0 Å². The molecule has 0 amide bonds. The lowest BCUT2D eigenvalue weighted by Crippen LogP contribution is -2.34. The van der Waals surface area contributed by atoms with Crippen molar-refractivity contribution in [3.8, 4) is 0 Å². The molecule has 1 aromatic rings. The van der Waals surface area contributed by atoms with Crippen LogP contribution in [0.2, 0.25) is 0 Å². The van der Waals surface area contributed by atoms with Crippen LogP contribution in [0.5, 0.6) is 0 Å². The van der Waals surface area contributed by atoms with E-state index in [1.54, 1.807) is 0 Å². The first-order valence-electron chi connectivity index (χ1n) is 5.74. The molecule has 0 N–H and O–H groups in total. The molecule has 2 rings (SSSR count). The van der Waals surface area contributed by atoms with Gasteiger partial charge in [0, 0.05) is 25.2 Å². The Morgan fingerprint density at radius 2 is 1.93 bits per heavy atom. The zero-order chi connectivity index (χ0) is 10.7. The van der Waals surface area contributed by atoms with E-state index in [4.69, 9.17) is 0 Å². The molecule has 1 aliphatic rings. The van der Waals surface area contributed by atoms with Crippen molar-refractivity contribution in [2.45, 2.75) is 20.3 Å². The van der Waals surface area contributed by atoms with Crippen LogP contribution < -0.4 is 0 Å². The molecule has 0 atom stereocenters. The van der Waals surface area contributed by atoms with Gasteiger partial charge in [-0.25, -0.2) is 0 Å². The van der Waals surface area contributed by atoms with Crippen LogP contribution >= 0.6 is 0 Å². The molecule has 0 aliphatic carbocycles. The molecule has 0 saturated heterocycles. The lowest BCUT2D eigenvalue weighted by atomic mass is 10.0. The maximum absolute atomic E-state index is 4.66. The van der Waals surface area contributed by atoms with E-state index >= 15 is 0 Å². The van der Waals surface area contributed by atoms with Gasteiger partial charge in [0.2, 0.25) is 0 Å². The van der Waals surface area contributed by atoms with Crippen LogP contribution in [0.25, 0.3) is 0 Å². The zero-order valence-corrected chi connectivity index (χ0v) is 9.53. The van der Waals surface area contributed by atoms with Crippen LogP contribution in [0.3, 0.4) is 0 Å². The summed E-state index contributed by atoms with van der Waals surface area (Å²) in [6.45, 7) is 7.36. The van der Waals surface area contributed by atoms with Gasteiger partial charge in [-0.05, 0) is 25.8 Å². The molecule has 0 saturated carbocycles. The standard InChI is InChI=1S/C13H18N2/c1-3-15(4-2)13-12-8-6-5-7-11(12)9-10-14-13/h5-8H,3-4,9-10H2,1-2H3. The third-order valence-corrected chi connectivity index (χ3v) is 2.96. The lowest BCUT2D eigenvalue weighted by molar-refractivity contribution is 0.462. The molecule has 1 aromatic carbocycles. The average molecular weight is 202 g/mol. The second-order valence-electron chi connectivity index (χ2n) is 3.78. The highest BCUT2D eigenvalue weighted by atomic mass is 15.2. The van der Waals surface area contributed by atoms with E-state index in [1.165, 1.54) is 17.0 Å². The molecule has 15 heavy (non-hydrogen) atoms. The number of hydrogen-bond donors (Lipinski definition) is 0. The molecule has 0 aromatic heterocycles. The van der Waals surface area contributed by atoms with Crippen molar-refractivity contribution >= 4 is 5.84 Å². The highest BCUT2D eigenvalue weighted by Gasteiger charge is 2.16. The van der Waals surface area contributed by atoms with Crippen LogP contribution in [0, 0.1) is 0 Å². The van der Waals surface area contributed by atoms with E-state index in [0.717, 1.165) is 26.1 Å². The van der Waals surface area contributed by atoms with E-state index in [1.807, 2.05) is 0 Å². The first kappa shape index (κ1) is 10.2. The lowest BCUT2D eigenvalue weighted by Gasteiger charge is -2.27. The highest BCUT2D eigenvalue weighted by molar-refractivity contribution is 6.00. The number of benzene rings is 1. The van der Waals surface area contributed by atoms with Crippen LogP contribution in [-0.2, 0) is 6.42 Å². The van der Waals surface area contributed by atoms with Gasteiger partial charge in [0.1, 0.15) is 5.84 Å². The van der Waals surface area contributed by atoms with Gasteiger partial charge in [0.15, 0.2) is 0 Å². The molecule has 1 aliphatic heterocycles. The van der Waals surface area contributed by atoms with Gasteiger partial charge in [-0.3, -0.25) is 4.99 Å². The highest BCUT2D eigenvalue weighted by Crippen LogP contribution is 2.17. The maximum atomic E-state index is 4.66. The predicted molar refractivity (Wildman–Crippen MR) is 64.5 cm³/mol. The third kappa shape index (κ3) is 1.89. The fourth-order valence-corrected chi connectivity index (χ4v) is 2.12. The Morgan fingerprint density at radius 1 is 1.20 bits per heavy atom. The van der Waals surface area contributed by atoms with E-state index < -0.39 is 0 Å². The van der Waals surface area contributed by atoms with Crippen LogP contribution in [0.1, 0.15) is 25.0 Å². The fourth-order valence-electron chi connectivity index (χ4n) is 2.12. The summed E-state index contributed by atoms with van der Waals surface area (Å²) in [6, 6.07) is 8.62. The number of aliphatic imine (C=N–C) groups is 1. The van der Waals surface area contributed by atoms with Gasteiger partial charge < -0.3 is 4.90 Å². The van der Waals surface area contributed by atoms with Crippen LogP contribution in [-0.4, -0.2) is 30.4 Å². The first-order valence-corrected chi connectivity index (χ1v) is 5.74. The van der Waals surface area contributed by atoms with Crippen molar-refractivity contribution in [3.05, 3.63) is 35.4 Å². The number of fused-ring (bicyclic) bond motifs is 1. The molecule has 2 nitrogen and oxygen atoms in total. The Labute approximate surface area is 91.6 Å². The van der Waals surface area contributed by atoms with Crippen molar-refractivity contribution in [1.82, 2.24) is 4.90 Å². The molecular weight excluding hydrogens is 184 g/mol. The predicted octanol–water partition coefficient (Wildman–Crippen LogP) is 2.33. The van der Waals surface area contributed by atoms with E-state index in [0.29, 0.717) is 0 Å². The second kappa shape index (κ2) is 4.47. The number of nitrogens with zero attached hydrogens (tertiary/aromatic N) is 2. The molecule has 0 unspecified atom stereocenters. The molecule has 2 heteroatoms. The Hall–Kier alpha value is -1.31. The quantitative estimate of drug-likeness (QED) is 0.718. The summed E-state index contributed by atoms with van der Waals surface area (Å²) < 4.78 is 0. The molecule has 0 bridgehead atoms. The summed E-state index contributed by atoms with van der Waals surface area (Å²) in [5, 5.41) is 0. The van der Waals surface area contributed by atoms with Crippen molar-refractivity contribution in [1.29, 1.82) is 0 Å². The monoisotopic (exact) mass is 202 g/mol. The normalized spacial score (nSPS) is 14.4. The minimum absolute atomic E-state index is 0.933. The number of rotatable bonds is 2. The SMILES string of the molecule is CCN(CC)C1=NCCc2ccccc21. The summed E-state index contributed by atoms with van der Waals surface area (Å²) in [4.78, 5) is 6.99. The fraction of sp³-hybridized carbons (Fsp3) is 0.462. The Balaban J connectivity index is 2.37. The Kier molecular flexibility index (Phi) is 3.05. The molecular formula is C13H18N2. The first-order chi connectivity index (χ1) is 7.36. The average Bonchev–Trinajstić information content (AvgIpc) is 2.31. The summed E-state index contributed by atoms with van der Waals surface area (Å²) in [5.74, 6) is 1.18. The molecule has 80 valence electrons.